The maximum atomic E-state index is 12.5. The Morgan fingerprint density at radius 3 is 2.76 bits per heavy atom. The molecule has 29 heavy (non-hydrogen) atoms. The molecule has 2 atom stereocenters. The van der Waals surface area contributed by atoms with E-state index in [4.69, 9.17) is 4.74 Å². The summed E-state index contributed by atoms with van der Waals surface area (Å²) in [6.45, 7) is 0.858. The monoisotopic (exact) mass is 413 g/mol. The number of pyridine rings is 1. The van der Waals surface area contributed by atoms with Crippen molar-refractivity contribution < 1.29 is 13.2 Å². The van der Waals surface area contributed by atoms with E-state index in [2.05, 4.69) is 21.5 Å². The Bertz CT molecular complexity index is 1250. The van der Waals surface area contributed by atoms with Crippen molar-refractivity contribution in [2.24, 2.45) is 5.92 Å². The molecule has 3 aromatic rings. The smallest absolute Gasteiger partial charge is 0.261 e. The molecule has 0 aliphatic carbocycles. The van der Waals surface area contributed by atoms with Crippen molar-refractivity contribution in [3.8, 4) is 6.07 Å². The summed E-state index contributed by atoms with van der Waals surface area (Å²) in [5.74, 6) is 0.0595. The molecule has 2 aromatic heterocycles. The summed E-state index contributed by atoms with van der Waals surface area (Å²) in [6, 6.07) is 9.94. The summed E-state index contributed by atoms with van der Waals surface area (Å²) < 4.78 is 30.5. The van der Waals surface area contributed by atoms with Crippen LogP contribution in [0.4, 0.5) is 11.5 Å². The number of nitriles is 1. The van der Waals surface area contributed by atoms with Crippen LogP contribution in [0, 0.1) is 17.2 Å². The second-order valence-corrected chi connectivity index (χ2v) is 8.96. The highest BCUT2D eigenvalue weighted by molar-refractivity contribution is 7.90. The van der Waals surface area contributed by atoms with Crippen molar-refractivity contribution in [3.63, 3.8) is 0 Å². The predicted molar refractivity (Wildman–Crippen MR) is 107 cm³/mol. The number of benzene rings is 1. The number of aromatic amines is 1. The van der Waals surface area contributed by atoms with E-state index in [9.17, 15) is 18.5 Å². The standard InChI is InChI=1S/C19H19N5O4S/c1-29(26,27)14-4-2-13(3-5-14)22-18-17-15(6-8-21-19(17)25)24(23-18)16-11-28-9-7-12(16)10-20/h2-6,8,12,16H,7,9,11H2,1H3,(H,21,25)(H,22,23)/t12-,16+/m1/s1. The van der Waals surface area contributed by atoms with Crippen LogP contribution in [0.25, 0.3) is 10.9 Å². The highest BCUT2D eigenvalue weighted by Crippen LogP contribution is 2.31. The number of ether oxygens (including phenoxy) is 1. The van der Waals surface area contributed by atoms with Crippen molar-refractivity contribution in [2.75, 3.05) is 24.8 Å². The Kier molecular flexibility index (Phi) is 4.86. The van der Waals surface area contributed by atoms with Gasteiger partial charge in [-0.2, -0.15) is 10.4 Å². The van der Waals surface area contributed by atoms with Crippen molar-refractivity contribution >= 4 is 32.2 Å². The van der Waals surface area contributed by atoms with E-state index in [1.165, 1.54) is 12.1 Å². The van der Waals surface area contributed by atoms with Gasteiger partial charge in [0.05, 0.1) is 35.0 Å². The average Bonchev–Trinajstić information content (AvgIpc) is 3.07. The molecule has 0 spiro atoms. The average molecular weight is 413 g/mol. The van der Waals surface area contributed by atoms with Gasteiger partial charge in [-0.05, 0) is 36.8 Å². The fourth-order valence-electron chi connectivity index (χ4n) is 3.48. The van der Waals surface area contributed by atoms with Gasteiger partial charge in [-0.3, -0.25) is 9.48 Å². The highest BCUT2D eigenvalue weighted by Gasteiger charge is 2.30. The molecule has 2 N–H and O–H groups in total. The van der Waals surface area contributed by atoms with Gasteiger partial charge in [0.1, 0.15) is 5.39 Å². The fraction of sp³-hybridized carbons (Fsp3) is 0.316. The third kappa shape index (κ3) is 3.62. The fourth-order valence-corrected chi connectivity index (χ4v) is 4.11. The lowest BCUT2D eigenvalue weighted by Crippen LogP contribution is -2.30. The maximum Gasteiger partial charge on any atom is 0.261 e. The SMILES string of the molecule is CS(=O)(=O)c1ccc(Nc2nn([C@H]3COCC[C@@H]3C#N)c3cc[nH]c(=O)c23)cc1. The van der Waals surface area contributed by atoms with E-state index in [0.29, 0.717) is 42.0 Å². The van der Waals surface area contributed by atoms with Gasteiger partial charge in [0.25, 0.3) is 5.56 Å². The summed E-state index contributed by atoms with van der Waals surface area (Å²) in [4.78, 5) is 15.3. The number of hydrogen-bond acceptors (Lipinski definition) is 7. The van der Waals surface area contributed by atoms with Crippen LogP contribution in [-0.4, -0.2) is 42.7 Å². The molecule has 1 aliphatic rings. The molecular weight excluding hydrogens is 394 g/mol. The second kappa shape index (κ2) is 7.35. The minimum absolute atomic E-state index is 0.201. The summed E-state index contributed by atoms with van der Waals surface area (Å²) in [5, 5.41) is 17.5. The predicted octanol–water partition coefficient (Wildman–Crippen LogP) is 1.97. The van der Waals surface area contributed by atoms with E-state index in [0.717, 1.165) is 6.26 Å². The van der Waals surface area contributed by atoms with Crippen LogP contribution >= 0.6 is 0 Å². The quantitative estimate of drug-likeness (QED) is 0.669. The number of hydrogen-bond donors (Lipinski definition) is 2. The normalized spacial score (nSPS) is 19.7. The molecule has 10 heteroatoms. The van der Waals surface area contributed by atoms with Gasteiger partial charge in [-0.1, -0.05) is 0 Å². The lowest BCUT2D eigenvalue weighted by Gasteiger charge is -2.27. The van der Waals surface area contributed by atoms with Crippen LogP contribution in [0.5, 0.6) is 0 Å². The molecule has 0 unspecified atom stereocenters. The largest absolute Gasteiger partial charge is 0.379 e. The summed E-state index contributed by atoms with van der Waals surface area (Å²) in [5.41, 5.74) is 0.873. The molecule has 3 heterocycles. The van der Waals surface area contributed by atoms with Gasteiger partial charge in [0, 0.05) is 24.7 Å². The Morgan fingerprint density at radius 1 is 1.31 bits per heavy atom. The first kappa shape index (κ1) is 19.2. The number of H-pyrrole nitrogens is 1. The van der Waals surface area contributed by atoms with Crippen LogP contribution < -0.4 is 10.9 Å². The Balaban J connectivity index is 1.77. The molecule has 9 nitrogen and oxygen atoms in total. The third-order valence-corrected chi connectivity index (χ3v) is 6.11. The van der Waals surface area contributed by atoms with Crippen molar-refractivity contribution in [1.82, 2.24) is 14.8 Å². The Morgan fingerprint density at radius 2 is 2.07 bits per heavy atom. The zero-order valence-electron chi connectivity index (χ0n) is 15.6. The van der Waals surface area contributed by atoms with Gasteiger partial charge >= 0.3 is 0 Å². The van der Waals surface area contributed by atoms with Crippen molar-refractivity contribution in [1.29, 1.82) is 5.26 Å². The zero-order valence-corrected chi connectivity index (χ0v) is 16.4. The second-order valence-electron chi connectivity index (χ2n) is 6.95. The molecule has 1 saturated heterocycles. The minimum Gasteiger partial charge on any atom is -0.379 e. The number of aromatic nitrogens is 3. The van der Waals surface area contributed by atoms with Crippen LogP contribution in [0.2, 0.25) is 0 Å². The molecule has 1 fully saturated rings. The van der Waals surface area contributed by atoms with Gasteiger partial charge in [-0.25, -0.2) is 8.42 Å². The van der Waals surface area contributed by atoms with Crippen LogP contribution in [0.15, 0.2) is 46.2 Å². The van der Waals surface area contributed by atoms with Crippen LogP contribution in [0.3, 0.4) is 0 Å². The molecule has 150 valence electrons. The number of nitrogens with zero attached hydrogens (tertiary/aromatic N) is 3. The lowest BCUT2D eigenvalue weighted by atomic mass is 9.96. The van der Waals surface area contributed by atoms with E-state index in [1.54, 1.807) is 29.1 Å². The van der Waals surface area contributed by atoms with Crippen molar-refractivity contribution in [3.05, 3.63) is 46.9 Å². The molecular formula is C19H19N5O4S. The van der Waals surface area contributed by atoms with Gasteiger partial charge in [0.2, 0.25) is 0 Å². The summed E-state index contributed by atoms with van der Waals surface area (Å²) >= 11 is 0. The van der Waals surface area contributed by atoms with Crippen LogP contribution in [-0.2, 0) is 14.6 Å². The number of sulfone groups is 1. The molecule has 0 saturated carbocycles. The first-order valence-corrected chi connectivity index (χ1v) is 10.9. The number of fused-ring (bicyclic) bond motifs is 1. The molecule has 0 amide bonds. The van der Waals surface area contributed by atoms with E-state index >= 15 is 0 Å². The summed E-state index contributed by atoms with van der Waals surface area (Å²) in [7, 11) is -3.30. The van der Waals surface area contributed by atoms with E-state index in [1.807, 2.05) is 0 Å². The number of nitrogens with one attached hydrogen (secondary N) is 2. The molecule has 0 bridgehead atoms. The summed E-state index contributed by atoms with van der Waals surface area (Å²) in [6.07, 6.45) is 3.28. The topological polar surface area (TPSA) is 130 Å². The van der Waals surface area contributed by atoms with Crippen molar-refractivity contribution in [2.45, 2.75) is 17.4 Å². The Hall–Kier alpha value is -3.16. The molecule has 1 aliphatic heterocycles. The van der Waals surface area contributed by atoms with Gasteiger partial charge in [-0.15, -0.1) is 0 Å². The van der Waals surface area contributed by atoms with Crippen LogP contribution in [0.1, 0.15) is 12.5 Å². The molecule has 4 rings (SSSR count). The molecule has 0 radical (unpaired) electrons. The van der Waals surface area contributed by atoms with Gasteiger partial charge < -0.3 is 15.0 Å². The third-order valence-electron chi connectivity index (χ3n) is 4.98. The number of anilines is 2. The maximum absolute atomic E-state index is 12.5. The minimum atomic E-state index is -3.30. The highest BCUT2D eigenvalue weighted by atomic mass is 32.2. The first-order chi connectivity index (χ1) is 13.9. The van der Waals surface area contributed by atoms with Gasteiger partial charge in [0.15, 0.2) is 15.7 Å². The molecule has 1 aromatic carbocycles. The zero-order chi connectivity index (χ0) is 20.6. The Labute approximate surface area is 166 Å². The van der Waals surface area contributed by atoms with E-state index in [-0.39, 0.29) is 22.4 Å². The lowest BCUT2D eigenvalue weighted by molar-refractivity contribution is 0.0359. The first-order valence-electron chi connectivity index (χ1n) is 9.03. The number of rotatable bonds is 4. The van der Waals surface area contributed by atoms with E-state index < -0.39 is 9.84 Å².